The minimum Gasteiger partial charge on any atom is -0.481 e. The van der Waals surface area contributed by atoms with E-state index in [1.807, 2.05) is 0 Å². The first kappa shape index (κ1) is 34.9. The minimum atomic E-state index is -0.710. The first-order valence-corrected chi connectivity index (χ1v) is 16.0. The van der Waals surface area contributed by atoms with E-state index in [9.17, 15) is 9.59 Å². The molecule has 0 aliphatic heterocycles. The molecule has 0 aliphatic rings. The van der Waals surface area contributed by atoms with Crippen LogP contribution in [-0.2, 0) is 14.3 Å². The van der Waals surface area contributed by atoms with Crippen LogP contribution in [0.3, 0.4) is 0 Å². The molecular formula is C32H62O4. The number of aliphatic carboxylic acids is 1. The Hall–Kier alpha value is -1.06. The zero-order chi connectivity index (χ0) is 26.5. The SMILES string of the molecule is CCCCCCCCCCCCCCCC(=O)OC(CCCCCCCC)CCCCCCC(=O)O. The summed E-state index contributed by atoms with van der Waals surface area (Å²) < 4.78 is 5.90. The second-order valence-electron chi connectivity index (χ2n) is 11.0. The lowest BCUT2D eigenvalue weighted by atomic mass is 10.0. The molecule has 36 heavy (non-hydrogen) atoms. The molecule has 0 aromatic rings. The van der Waals surface area contributed by atoms with E-state index in [1.54, 1.807) is 0 Å². The molecule has 0 aromatic heterocycles. The van der Waals surface area contributed by atoms with E-state index in [0.717, 1.165) is 57.8 Å². The number of hydrogen-bond donors (Lipinski definition) is 1. The summed E-state index contributed by atoms with van der Waals surface area (Å²) in [5, 5.41) is 8.77. The number of carboxylic acid groups (broad SMARTS) is 1. The monoisotopic (exact) mass is 510 g/mol. The van der Waals surface area contributed by atoms with Gasteiger partial charge in [0.15, 0.2) is 0 Å². The zero-order valence-corrected chi connectivity index (χ0v) is 24.3. The van der Waals surface area contributed by atoms with Crippen molar-refractivity contribution in [2.24, 2.45) is 0 Å². The van der Waals surface area contributed by atoms with Crippen LogP contribution < -0.4 is 0 Å². The van der Waals surface area contributed by atoms with Gasteiger partial charge in [-0.05, 0) is 38.5 Å². The largest absolute Gasteiger partial charge is 0.481 e. The van der Waals surface area contributed by atoms with Crippen LogP contribution in [0.25, 0.3) is 0 Å². The van der Waals surface area contributed by atoms with Crippen LogP contribution in [0.4, 0.5) is 0 Å². The van der Waals surface area contributed by atoms with E-state index >= 15 is 0 Å². The molecule has 1 N–H and O–H groups in total. The van der Waals surface area contributed by atoms with Gasteiger partial charge in [-0.3, -0.25) is 9.59 Å². The quantitative estimate of drug-likeness (QED) is 0.0802. The molecule has 0 saturated carbocycles. The van der Waals surface area contributed by atoms with Gasteiger partial charge in [-0.25, -0.2) is 0 Å². The number of carboxylic acids is 1. The molecular weight excluding hydrogens is 448 g/mol. The van der Waals surface area contributed by atoms with Crippen molar-refractivity contribution in [2.45, 2.75) is 193 Å². The summed E-state index contributed by atoms with van der Waals surface area (Å²) in [6.07, 6.45) is 31.1. The van der Waals surface area contributed by atoms with E-state index < -0.39 is 5.97 Å². The van der Waals surface area contributed by atoms with Crippen molar-refractivity contribution >= 4 is 11.9 Å². The number of unbranched alkanes of at least 4 members (excludes halogenated alkanes) is 20. The second kappa shape index (κ2) is 28.5. The van der Waals surface area contributed by atoms with Crippen LogP contribution >= 0.6 is 0 Å². The average molecular weight is 511 g/mol. The summed E-state index contributed by atoms with van der Waals surface area (Å²) in [6.45, 7) is 4.51. The third-order valence-corrected chi connectivity index (χ3v) is 7.33. The highest BCUT2D eigenvalue weighted by molar-refractivity contribution is 5.69. The van der Waals surface area contributed by atoms with Crippen molar-refractivity contribution in [2.75, 3.05) is 0 Å². The van der Waals surface area contributed by atoms with Crippen molar-refractivity contribution in [1.29, 1.82) is 0 Å². The van der Waals surface area contributed by atoms with Gasteiger partial charge >= 0.3 is 11.9 Å². The molecule has 214 valence electrons. The average Bonchev–Trinajstić information content (AvgIpc) is 2.85. The van der Waals surface area contributed by atoms with Crippen LogP contribution in [-0.4, -0.2) is 23.1 Å². The fourth-order valence-electron chi connectivity index (χ4n) is 4.95. The number of ether oxygens (including phenoxy) is 1. The molecule has 0 saturated heterocycles. The molecule has 0 amide bonds. The predicted molar refractivity (Wildman–Crippen MR) is 154 cm³/mol. The summed E-state index contributed by atoms with van der Waals surface area (Å²) in [6, 6.07) is 0. The highest BCUT2D eigenvalue weighted by Crippen LogP contribution is 2.18. The van der Waals surface area contributed by atoms with Crippen LogP contribution in [0.2, 0.25) is 0 Å². The summed E-state index contributed by atoms with van der Waals surface area (Å²) in [7, 11) is 0. The van der Waals surface area contributed by atoms with E-state index in [0.29, 0.717) is 6.42 Å². The van der Waals surface area contributed by atoms with Gasteiger partial charge in [0.05, 0.1) is 0 Å². The molecule has 0 fully saturated rings. The fraction of sp³-hybridized carbons (Fsp3) is 0.938. The molecule has 1 unspecified atom stereocenters. The van der Waals surface area contributed by atoms with Crippen molar-refractivity contribution in [3.63, 3.8) is 0 Å². The van der Waals surface area contributed by atoms with E-state index in [1.165, 1.54) is 103 Å². The van der Waals surface area contributed by atoms with Gasteiger partial charge < -0.3 is 9.84 Å². The maximum atomic E-state index is 12.5. The molecule has 0 rings (SSSR count). The minimum absolute atomic E-state index is 0.0140. The van der Waals surface area contributed by atoms with Gasteiger partial charge in [0.25, 0.3) is 0 Å². The summed E-state index contributed by atoms with van der Waals surface area (Å²) >= 11 is 0. The van der Waals surface area contributed by atoms with Gasteiger partial charge in [0, 0.05) is 12.8 Å². The van der Waals surface area contributed by atoms with Gasteiger partial charge in [0.2, 0.25) is 0 Å². The summed E-state index contributed by atoms with van der Waals surface area (Å²) in [4.78, 5) is 23.1. The van der Waals surface area contributed by atoms with Gasteiger partial charge in [-0.15, -0.1) is 0 Å². The molecule has 0 heterocycles. The number of carbonyl (C=O) groups excluding carboxylic acids is 1. The summed E-state index contributed by atoms with van der Waals surface area (Å²) in [5.41, 5.74) is 0. The Labute approximate surface area is 224 Å². The number of hydrogen-bond acceptors (Lipinski definition) is 3. The molecule has 1 atom stereocenters. The van der Waals surface area contributed by atoms with E-state index in [4.69, 9.17) is 9.84 Å². The first-order chi connectivity index (χ1) is 17.6. The predicted octanol–water partition coefficient (Wildman–Crippen LogP) is 10.6. The lowest BCUT2D eigenvalue weighted by Crippen LogP contribution is -2.18. The number of esters is 1. The lowest BCUT2D eigenvalue weighted by Gasteiger charge is -2.18. The van der Waals surface area contributed by atoms with Crippen molar-refractivity contribution in [3.05, 3.63) is 0 Å². The molecule has 0 aliphatic carbocycles. The Morgan fingerprint density at radius 2 is 0.833 bits per heavy atom. The summed E-state index contributed by atoms with van der Waals surface area (Å²) in [5.74, 6) is -0.724. The van der Waals surface area contributed by atoms with Crippen LogP contribution in [0.15, 0.2) is 0 Å². The lowest BCUT2D eigenvalue weighted by molar-refractivity contribution is -0.150. The standard InChI is InChI=1S/C32H62O4/c1-3-5-7-9-11-12-13-14-15-16-17-19-25-29-32(35)36-30(26-22-18-10-8-6-4-2)27-23-20-21-24-28-31(33)34/h30H,3-29H2,1-2H3,(H,33,34). The molecule has 0 aromatic carbocycles. The smallest absolute Gasteiger partial charge is 0.306 e. The molecule has 0 radical (unpaired) electrons. The Morgan fingerprint density at radius 3 is 1.22 bits per heavy atom. The van der Waals surface area contributed by atoms with E-state index in [-0.39, 0.29) is 18.5 Å². The number of carbonyl (C=O) groups is 2. The normalized spacial score (nSPS) is 12.1. The van der Waals surface area contributed by atoms with Crippen molar-refractivity contribution < 1.29 is 19.4 Å². The second-order valence-corrected chi connectivity index (χ2v) is 11.0. The Kier molecular flexibility index (Phi) is 27.7. The van der Waals surface area contributed by atoms with Crippen molar-refractivity contribution in [3.8, 4) is 0 Å². The third-order valence-electron chi connectivity index (χ3n) is 7.33. The van der Waals surface area contributed by atoms with Crippen molar-refractivity contribution in [1.82, 2.24) is 0 Å². The van der Waals surface area contributed by atoms with Crippen LogP contribution in [0.5, 0.6) is 0 Å². The topological polar surface area (TPSA) is 63.6 Å². The van der Waals surface area contributed by atoms with Gasteiger partial charge in [0.1, 0.15) is 6.10 Å². The highest BCUT2D eigenvalue weighted by atomic mass is 16.5. The van der Waals surface area contributed by atoms with Crippen LogP contribution in [0, 0.1) is 0 Å². The highest BCUT2D eigenvalue weighted by Gasteiger charge is 2.14. The Bertz CT molecular complexity index is 477. The van der Waals surface area contributed by atoms with Gasteiger partial charge in [-0.2, -0.15) is 0 Å². The Balaban J connectivity index is 3.88. The maximum absolute atomic E-state index is 12.5. The molecule has 0 spiro atoms. The van der Waals surface area contributed by atoms with Crippen LogP contribution in [0.1, 0.15) is 187 Å². The van der Waals surface area contributed by atoms with E-state index in [2.05, 4.69) is 13.8 Å². The molecule has 4 heteroatoms. The third kappa shape index (κ3) is 27.5. The number of rotatable bonds is 29. The maximum Gasteiger partial charge on any atom is 0.306 e. The molecule has 0 bridgehead atoms. The molecule has 4 nitrogen and oxygen atoms in total. The zero-order valence-electron chi connectivity index (χ0n) is 24.3. The van der Waals surface area contributed by atoms with Gasteiger partial charge in [-0.1, -0.05) is 136 Å². The fourth-order valence-corrected chi connectivity index (χ4v) is 4.95. The Morgan fingerprint density at radius 1 is 0.500 bits per heavy atom. The first-order valence-electron chi connectivity index (χ1n) is 16.0.